The molecule has 2 rings (SSSR count). The van der Waals surface area contributed by atoms with Gasteiger partial charge >= 0.3 is 0 Å². The summed E-state index contributed by atoms with van der Waals surface area (Å²) in [7, 11) is 1.51. The summed E-state index contributed by atoms with van der Waals surface area (Å²) >= 11 is 1.95. The van der Waals surface area contributed by atoms with E-state index in [1.807, 2.05) is 11.3 Å². The summed E-state index contributed by atoms with van der Waals surface area (Å²) in [5.41, 5.74) is 0. The molecule has 0 saturated carbocycles. The predicted molar refractivity (Wildman–Crippen MR) is 75.6 cm³/mol. The van der Waals surface area contributed by atoms with Crippen LogP contribution in [0.3, 0.4) is 0 Å². The zero-order valence-electron chi connectivity index (χ0n) is 11.0. The fourth-order valence-electron chi connectivity index (χ4n) is 3.32. The molecular formula is C13H24NSSi+. The Labute approximate surface area is 105 Å². The molecule has 0 spiro atoms. The molecule has 90 valence electrons. The van der Waals surface area contributed by atoms with E-state index in [1.54, 1.807) is 4.88 Å². The van der Waals surface area contributed by atoms with Crippen LogP contribution < -0.4 is 0 Å². The van der Waals surface area contributed by atoms with Crippen molar-refractivity contribution in [3.8, 4) is 0 Å². The molecule has 0 aromatic carbocycles. The molecule has 2 heterocycles. The molecule has 0 N–H and O–H groups in total. The Hall–Kier alpha value is -0.123. The van der Waals surface area contributed by atoms with Crippen molar-refractivity contribution in [2.75, 3.05) is 19.8 Å². The van der Waals surface area contributed by atoms with E-state index in [0.717, 1.165) is 6.04 Å². The Bertz CT molecular complexity index is 341. The molecule has 2 atom stereocenters. The highest BCUT2D eigenvalue weighted by atomic mass is 32.1. The van der Waals surface area contributed by atoms with Gasteiger partial charge in [0.05, 0.1) is 24.6 Å². The van der Waals surface area contributed by atoms with Crippen LogP contribution in [0.4, 0.5) is 0 Å². The van der Waals surface area contributed by atoms with Crippen LogP contribution in [0.5, 0.6) is 0 Å². The lowest BCUT2D eigenvalue weighted by atomic mass is 10.2. The van der Waals surface area contributed by atoms with Gasteiger partial charge in [-0.15, -0.1) is 11.3 Å². The summed E-state index contributed by atoms with van der Waals surface area (Å²) in [6.07, 6.45) is 4.22. The van der Waals surface area contributed by atoms with Crippen molar-refractivity contribution in [1.29, 1.82) is 0 Å². The van der Waals surface area contributed by atoms with E-state index in [1.165, 1.54) is 30.0 Å². The van der Waals surface area contributed by atoms with Crippen molar-refractivity contribution in [3.63, 3.8) is 0 Å². The topological polar surface area (TPSA) is 0 Å². The first kappa shape index (κ1) is 12.3. The Morgan fingerprint density at radius 1 is 1.44 bits per heavy atom. The van der Waals surface area contributed by atoms with Crippen molar-refractivity contribution in [2.45, 2.75) is 38.5 Å². The Balaban J connectivity index is 2.20. The van der Waals surface area contributed by atoms with Gasteiger partial charge < -0.3 is 4.48 Å². The lowest BCUT2D eigenvalue weighted by Crippen LogP contribution is -2.52. The number of hydrogen-bond acceptors (Lipinski definition) is 1. The molecule has 1 nitrogen and oxygen atoms in total. The van der Waals surface area contributed by atoms with Crippen LogP contribution >= 0.6 is 11.3 Å². The van der Waals surface area contributed by atoms with E-state index < -0.39 is 8.07 Å². The number of quaternary nitrogens is 1. The van der Waals surface area contributed by atoms with Gasteiger partial charge in [0.2, 0.25) is 0 Å². The zero-order valence-corrected chi connectivity index (χ0v) is 12.8. The maximum Gasteiger partial charge on any atom is 0.124 e. The number of rotatable bonds is 3. The van der Waals surface area contributed by atoms with Crippen LogP contribution in [-0.2, 0) is 0 Å². The van der Waals surface area contributed by atoms with Crippen LogP contribution in [-0.4, -0.2) is 32.3 Å². The summed E-state index contributed by atoms with van der Waals surface area (Å²) < 4.78 is 1.30. The van der Waals surface area contributed by atoms with Crippen molar-refractivity contribution >= 4 is 19.4 Å². The minimum Gasteiger partial charge on any atom is -0.323 e. The van der Waals surface area contributed by atoms with E-state index >= 15 is 0 Å². The quantitative estimate of drug-likeness (QED) is 0.567. The molecule has 1 saturated heterocycles. The van der Waals surface area contributed by atoms with E-state index in [0.29, 0.717) is 0 Å². The average molecular weight is 254 g/mol. The SMILES string of the molecule is C[N@+]1(C[Si](C)(C)C)CCC[C@H]1c1cccs1. The lowest BCUT2D eigenvalue weighted by Gasteiger charge is -2.40. The molecule has 1 aliphatic rings. The summed E-state index contributed by atoms with van der Waals surface area (Å²) in [5.74, 6) is 0. The Morgan fingerprint density at radius 2 is 2.19 bits per heavy atom. The minimum atomic E-state index is -0.972. The first-order valence-electron chi connectivity index (χ1n) is 6.28. The second-order valence-corrected chi connectivity index (χ2v) is 13.0. The number of likely N-dealkylation sites (tertiary alicyclic amines) is 1. The van der Waals surface area contributed by atoms with Crippen LogP contribution in [0.1, 0.15) is 23.8 Å². The van der Waals surface area contributed by atoms with Crippen LogP contribution in [0.2, 0.25) is 19.6 Å². The third-order valence-corrected chi connectivity index (χ3v) is 6.25. The van der Waals surface area contributed by atoms with Crippen LogP contribution in [0.15, 0.2) is 17.5 Å². The van der Waals surface area contributed by atoms with Gasteiger partial charge in [0.15, 0.2) is 0 Å². The van der Waals surface area contributed by atoms with Gasteiger partial charge in [-0.3, -0.25) is 0 Å². The van der Waals surface area contributed by atoms with Crippen LogP contribution in [0.25, 0.3) is 0 Å². The maximum atomic E-state index is 2.50. The van der Waals surface area contributed by atoms with Gasteiger partial charge in [0, 0.05) is 12.8 Å². The lowest BCUT2D eigenvalue weighted by molar-refractivity contribution is -0.917. The molecule has 0 aliphatic carbocycles. The number of thiophene rings is 1. The van der Waals surface area contributed by atoms with Crippen molar-refractivity contribution in [2.24, 2.45) is 0 Å². The van der Waals surface area contributed by atoms with Crippen molar-refractivity contribution < 1.29 is 4.48 Å². The van der Waals surface area contributed by atoms with E-state index in [9.17, 15) is 0 Å². The van der Waals surface area contributed by atoms with Gasteiger partial charge in [-0.05, 0) is 11.4 Å². The van der Waals surface area contributed by atoms with Crippen molar-refractivity contribution in [3.05, 3.63) is 22.4 Å². The smallest absolute Gasteiger partial charge is 0.124 e. The average Bonchev–Trinajstić information content (AvgIpc) is 2.69. The third-order valence-electron chi connectivity index (χ3n) is 3.61. The normalized spacial score (nSPS) is 30.9. The second-order valence-electron chi connectivity index (χ2n) is 6.60. The zero-order chi connectivity index (χ0) is 11.8. The van der Waals surface area contributed by atoms with Gasteiger partial charge in [0.1, 0.15) is 14.1 Å². The van der Waals surface area contributed by atoms with E-state index in [4.69, 9.17) is 0 Å². The standard InChI is InChI=1S/C13H24NSSi/c1-14(11-16(2,3)4)9-5-7-12(14)13-8-6-10-15-13/h6,8,10,12H,5,7,9,11H2,1-4H3/q+1/t12-,14+/m0/s1. The molecule has 3 heteroatoms. The molecule has 1 aromatic rings. The Morgan fingerprint density at radius 3 is 2.75 bits per heavy atom. The minimum absolute atomic E-state index is 0.784. The largest absolute Gasteiger partial charge is 0.323 e. The predicted octanol–water partition coefficient (Wildman–Crippen LogP) is 3.91. The molecule has 16 heavy (non-hydrogen) atoms. The van der Waals surface area contributed by atoms with Gasteiger partial charge in [-0.2, -0.15) is 0 Å². The van der Waals surface area contributed by atoms with Crippen LogP contribution in [0, 0.1) is 0 Å². The Kier molecular flexibility index (Phi) is 3.30. The summed E-state index contributed by atoms with van der Waals surface area (Å²) in [4.78, 5) is 1.61. The van der Waals surface area contributed by atoms with Gasteiger partial charge in [0.25, 0.3) is 0 Å². The highest BCUT2D eigenvalue weighted by Gasteiger charge is 2.42. The first-order valence-corrected chi connectivity index (χ1v) is 10.9. The molecule has 1 aromatic heterocycles. The molecule has 0 bridgehead atoms. The molecule has 1 aliphatic heterocycles. The van der Waals surface area contributed by atoms with Gasteiger partial charge in [-0.25, -0.2) is 0 Å². The maximum absolute atomic E-state index is 2.50. The number of nitrogens with zero attached hydrogens (tertiary/aromatic N) is 1. The second kappa shape index (κ2) is 4.28. The monoisotopic (exact) mass is 254 g/mol. The molecule has 1 fully saturated rings. The molecule has 0 unspecified atom stereocenters. The fraction of sp³-hybridized carbons (Fsp3) is 0.692. The van der Waals surface area contributed by atoms with Gasteiger partial charge in [-0.1, -0.05) is 25.7 Å². The summed E-state index contributed by atoms with van der Waals surface area (Å²) in [5, 5.41) is 2.23. The van der Waals surface area contributed by atoms with E-state index in [-0.39, 0.29) is 0 Å². The van der Waals surface area contributed by atoms with Crippen molar-refractivity contribution in [1.82, 2.24) is 0 Å². The molecular weight excluding hydrogens is 230 g/mol. The summed E-state index contributed by atoms with van der Waals surface area (Å²) in [6.45, 7) is 8.88. The number of hydrogen-bond donors (Lipinski definition) is 0. The highest BCUT2D eigenvalue weighted by molar-refractivity contribution is 7.10. The molecule has 0 radical (unpaired) electrons. The first-order chi connectivity index (χ1) is 7.41. The third kappa shape index (κ3) is 2.58. The summed E-state index contributed by atoms with van der Waals surface area (Å²) in [6, 6.07) is 5.32. The highest BCUT2D eigenvalue weighted by Crippen LogP contribution is 2.40. The van der Waals surface area contributed by atoms with E-state index in [2.05, 4.69) is 44.2 Å². The fourth-order valence-corrected chi connectivity index (χ4v) is 6.86. The molecule has 0 amide bonds.